The van der Waals surface area contributed by atoms with Crippen LogP contribution in [0.2, 0.25) is 0 Å². The minimum absolute atomic E-state index is 0.0227. The molecule has 0 radical (unpaired) electrons. The molecule has 0 aliphatic heterocycles. The van der Waals surface area contributed by atoms with E-state index in [1.807, 2.05) is 0 Å². The number of carbonyl (C=O) groups is 1. The topological polar surface area (TPSA) is 86.9 Å². The van der Waals surface area contributed by atoms with Crippen molar-refractivity contribution in [3.05, 3.63) is 58.1 Å². The van der Waals surface area contributed by atoms with Crippen LogP contribution in [-0.4, -0.2) is 40.0 Å². The number of pyridine rings is 1. The first-order chi connectivity index (χ1) is 14.6. The zero-order valence-electron chi connectivity index (χ0n) is 15.8. The number of carbonyl (C=O) groups excluding carboxylic acids is 1. The molecule has 1 amide bonds. The van der Waals surface area contributed by atoms with Crippen molar-refractivity contribution in [1.29, 1.82) is 0 Å². The molecule has 2 aromatic heterocycles. The average molecular weight is 446 g/mol. The summed E-state index contributed by atoms with van der Waals surface area (Å²) in [6.07, 6.45) is -6.64. The predicted octanol–water partition coefficient (Wildman–Crippen LogP) is 2.60. The Bertz CT molecular complexity index is 1160. The lowest BCUT2D eigenvalue weighted by Crippen LogP contribution is -2.26. The Balaban J connectivity index is 1.80. The summed E-state index contributed by atoms with van der Waals surface area (Å²) in [6, 6.07) is 6.29. The smallest absolute Gasteiger partial charge is 0.497 e. The second-order valence-electron chi connectivity index (χ2n) is 6.21. The molecule has 31 heavy (non-hydrogen) atoms. The quantitative estimate of drug-likeness (QED) is 0.564. The average Bonchev–Trinajstić information content (AvgIpc) is 2.99. The fourth-order valence-corrected chi connectivity index (χ4v) is 2.71. The van der Waals surface area contributed by atoms with E-state index >= 15 is 0 Å². The molecule has 0 aliphatic rings. The Hall–Kier alpha value is -3.64. The van der Waals surface area contributed by atoms with Crippen molar-refractivity contribution in [1.82, 2.24) is 19.5 Å². The lowest BCUT2D eigenvalue weighted by Gasteiger charge is -2.15. The molecule has 0 aliphatic carbocycles. The number of nitrogens with one attached hydrogen (secondary N) is 1. The summed E-state index contributed by atoms with van der Waals surface area (Å²) in [5.74, 6) is -1.14. The maximum Gasteiger partial charge on any atom is 0.573 e. The Morgan fingerprint density at radius 2 is 1.97 bits per heavy atom. The van der Waals surface area contributed by atoms with Gasteiger partial charge in [-0.25, -0.2) is 22.7 Å². The molecule has 8 nitrogen and oxygen atoms in total. The van der Waals surface area contributed by atoms with Gasteiger partial charge >= 0.3 is 12.1 Å². The molecule has 3 aromatic rings. The first-order valence-electron chi connectivity index (χ1n) is 8.65. The molecule has 0 spiro atoms. The van der Waals surface area contributed by atoms with Gasteiger partial charge in [0.1, 0.15) is 18.0 Å². The van der Waals surface area contributed by atoms with Crippen LogP contribution in [0.25, 0.3) is 5.65 Å². The number of fused-ring (bicyclic) bond motifs is 1. The first-order valence-corrected chi connectivity index (χ1v) is 8.65. The number of halogens is 5. The molecule has 0 atom stereocenters. The van der Waals surface area contributed by atoms with Crippen LogP contribution in [0.15, 0.2) is 41.3 Å². The number of rotatable bonds is 7. The fourth-order valence-electron chi connectivity index (χ4n) is 2.71. The lowest BCUT2D eigenvalue weighted by atomic mass is 10.1. The summed E-state index contributed by atoms with van der Waals surface area (Å²) >= 11 is 0. The standard InChI is InChI=1S/C18H15F5N4O4/c1-30-12-4-2-10(13(6-12)31-18(21,22)23)7-24-16(28)11-3-5-15-25-27(9-14(19)20)17(29)26(15)8-11/h2-6,8,14H,7,9H2,1H3,(H,24,28). The molecule has 0 unspecified atom stereocenters. The van der Waals surface area contributed by atoms with E-state index in [9.17, 15) is 31.5 Å². The van der Waals surface area contributed by atoms with Gasteiger partial charge in [0.25, 0.3) is 12.3 Å². The number of ether oxygens (including phenoxy) is 2. The number of benzene rings is 1. The van der Waals surface area contributed by atoms with Crippen molar-refractivity contribution in [2.24, 2.45) is 0 Å². The Labute approximate surface area is 170 Å². The van der Waals surface area contributed by atoms with Crippen molar-refractivity contribution < 1.29 is 36.2 Å². The summed E-state index contributed by atoms with van der Waals surface area (Å²) in [6.45, 7) is -1.23. The van der Waals surface area contributed by atoms with E-state index < -0.39 is 36.7 Å². The zero-order chi connectivity index (χ0) is 22.8. The first kappa shape index (κ1) is 22.1. The van der Waals surface area contributed by atoms with Gasteiger partial charge in [-0.15, -0.1) is 18.3 Å². The lowest BCUT2D eigenvalue weighted by molar-refractivity contribution is -0.274. The van der Waals surface area contributed by atoms with Gasteiger partial charge in [-0.1, -0.05) is 0 Å². The van der Waals surface area contributed by atoms with Crippen molar-refractivity contribution in [3.8, 4) is 11.5 Å². The molecule has 13 heteroatoms. The molecular weight excluding hydrogens is 431 g/mol. The van der Waals surface area contributed by atoms with Gasteiger partial charge < -0.3 is 14.8 Å². The number of nitrogens with zero attached hydrogens (tertiary/aromatic N) is 3. The summed E-state index contributed by atoms with van der Waals surface area (Å²) in [7, 11) is 1.27. The van der Waals surface area contributed by atoms with Crippen molar-refractivity contribution in [2.45, 2.75) is 25.9 Å². The fraction of sp³-hybridized carbons (Fsp3) is 0.278. The molecular formula is C18H15F5N4O4. The summed E-state index contributed by atoms with van der Waals surface area (Å²) in [4.78, 5) is 24.5. The van der Waals surface area contributed by atoms with Crippen LogP contribution in [-0.2, 0) is 13.1 Å². The molecule has 1 N–H and O–H groups in total. The summed E-state index contributed by atoms with van der Waals surface area (Å²) < 4.78 is 73.3. The molecule has 1 aromatic carbocycles. The van der Waals surface area contributed by atoms with Crippen molar-refractivity contribution >= 4 is 11.6 Å². The van der Waals surface area contributed by atoms with E-state index in [0.717, 1.165) is 16.7 Å². The Kier molecular flexibility index (Phi) is 6.13. The van der Waals surface area contributed by atoms with Crippen LogP contribution in [0.4, 0.5) is 22.0 Å². The van der Waals surface area contributed by atoms with Crippen LogP contribution in [0.5, 0.6) is 11.5 Å². The SMILES string of the molecule is COc1ccc(CNC(=O)c2ccc3nn(CC(F)F)c(=O)n3c2)c(OC(F)(F)F)c1. The van der Waals surface area contributed by atoms with E-state index in [-0.39, 0.29) is 29.1 Å². The van der Waals surface area contributed by atoms with E-state index in [1.54, 1.807) is 0 Å². The van der Waals surface area contributed by atoms with Gasteiger partial charge in [0.15, 0.2) is 5.65 Å². The van der Waals surface area contributed by atoms with Crippen molar-refractivity contribution in [2.75, 3.05) is 7.11 Å². The molecule has 0 saturated heterocycles. The molecule has 2 heterocycles. The van der Waals surface area contributed by atoms with Crippen LogP contribution >= 0.6 is 0 Å². The van der Waals surface area contributed by atoms with Gasteiger partial charge in [0, 0.05) is 24.4 Å². The minimum atomic E-state index is -4.95. The number of amides is 1. The third-order valence-corrected chi connectivity index (χ3v) is 4.09. The molecule has 166 valence electrons. The maximum atomic E-state index is 12.7. The highest BCUT2D eigenvalue weighted by Gasteiger charge is 2.32. The monoisotopic (exact) mass is 446 g/mol. The normalized spacial score (nSPS) is 11.7. The third kappa shape index (κ3) is 5.29. The van der Waals surface area contributed by atoms with Crippen LogP contribution in [0.1, 0.15) is 15.9 Å². The van der Waals surface area contributed by atoms with Gasteiger partial charge in [-0.2, -0.15) is 0 Å². The number of aromatic nitrogens is 3. The predicted molar refractivity (Wildman–Crippen MR) is 96.3 cm³/mol. The number of hydrogen-bond donors (Lipinski definition) is 1. The highest BCUT2D eigenvalue weighted by molar-refractivity contribution is 5.94. The van der Waals surface area contributed by atoms with Crippen LogP contribution < -0.4 is 20.5 Å². The molecule has 0 saturated carbocycles. The molecule has 3 rings (SSSR count). The van der Waals surface area contributed by atoms with Crippen LogP contribution in [0.3, 0.4) is 0 Å². The van der Waals surface area contributed by atoms with Gasteiger partial charge in [-0.3, -0.25) is 4.79 Å². The summed E-state index contributed by atoms with van der Waals surface area (Å²) in [5.41, 5.74) is -0.813. The number of alkyl halides is 5. The van der Waals surface area contributed by atoms with Crippen molar-refractivity contribution in [3.63, 3.8) is 0 Å². The van der Waals surface area contributed by atoms with E-state index in [2.05, 4.69) is 15.2 Å². The van der Waals surface area contributed by atoms with E-state index in [0.29, 0.717) is 4.68 Å². The highest BCUT2D eigenvalue weighted by Crippen LogP contribution is 2.30. The van der Waals surface area contributed by atoms with E-state index in [1.165, 1.54) is 31.4 Å². The second kappa shape index (κ2) is 8.62. The molecule has 0 bridgehead atoms. The van der Waals surface area contributed by atoms with Gasteiger partial charge in [-0.05, 0) is 24.3 Å². The van der Waals surface area contributed by atoms with Gasteiger partial charge in [0.05, 0.1) is 12.7 Å². The second-order valence-corrected chi connectivity index (χ2v) is 6.21. The van der Waals surface area contributed by atoms with E-state index in [4.69, 9.17) is 4.74 Å². The Morgan fingerprint density at radius 1 is 1.23 bits per heavy atom. The summed E-state index contributed by atoms with van der Waals surface area (Å²) in [5, 5.41) is 6.14. The number of methoxy groups -OCH3 is 1. The number of hydrogen-bond acceptors (Lipinski definition) is 5. The molecule has 0 fully saturated rings. The minimum Gasteiger partial charge on any atom is -0.497 e. The third-order valence-electron chi connectivity index (χ3n) is 4.09. The zero-order valence-corrected chi connectivity index (χ0v) is 15.8. The maximum absolute atomic E-state index is 12.7. The highest BCUT2D eigenvalue weighted by atomic mass is 19.4. The van der Waals surface area contributed by atoms with Crippen LogP contribution in [0, 0.1) is 0 Å². The largest absolute Gasteiger partial charge is 0.573 e. The van der Waals surface area contributed by atoms with Gasteiger partial charge in [0.2, 0.25) is 0 Å². The Morgan fingerprint density at radius 3 is 2.61 bits per heavy atom.